The molecule has 0 N–H and O–H groups in total. The number of rotatable bonds is 0. The molecule has 0 aromatic carbocycles. The summed E-state index contributed by atoms with van der Waals surface area (Å²) in [5.41, 5.74) is 0. The third kappa shape index (κ3) is 1.94. The van der Waals surface area contributed by atoms with Crippen LogP contribution in [0, 0.1) is 6.57 Å². The number of aryl methyl sites for hydroxylation is 1. The summed E-state index contributed by atoms with van der Waals surface area (Å²) in [6.45, 7) is 10.6. The van der Waals surface area contributed by atoms with Crippen LogP contribution in [0.5, 0.6) is 0 Å². The minimum Gasteiger partial charge on any atom is -0.364 e. The van der Waals surface area contributed by atoms with Crippen LogP contribution in [0.25, 0.3) is 4.85 Å². The number of hydrogen-bond donors (Lipinski definition) is 0. The lowest BCUT2D eigenvalue weighted by atomic mass is 10.6. The van der Waals surface area contributed by atoms with E-state index in [0.717, 1.165) is 0 Å². The smallest absolute Gasteiger partial charge is 0.229 e. The Bertz CT molecular complexity index is 217. The average Bonchev–Trinajstić information content (AvgIpc) is 2.39. The van der Waals surface area contributed by atoms with E-state index in [1.165, 1.54) is 0 Å². The molecule has 0 radical (unpaired) electrons. The second-order valence-corrected chi connectivity index (χ2v) is 1.59. The van der Waals surface area contributed by atoms with Crippen molar-refractivity contribution < 1.29 is 0 Å². The van der Waals surface area contributed by atoms with Crippen LogP contribution in [0.4, 0.5) is 5.82 Å². The summed E-state index contributed by atoms with van der Waals surface area (Å²) < 4.78 is 1.78. The molecule has 0 amide bonds. The maximum Gasteiger partial charge on any atom is 0.229 e. The molecule has 54 valence electrons. The normalized spacial score (nSPS) is 7.40. The Kier molecular flexibility index (Phi) is 4.06. The van der Waals surface area contributed by atoms with Crippen LogP contribution in [0.1, 0.15) is 13.8 Å². The Balaban J connectivity index is 0.000000371. The Morgan fingerprint density at radius 1 is 1.50 bits per heavy atom. The molecule has 0 aliphatic carbocycles. The highest BCUT2D eigenvalue weighted by Gasteiger charge is 1.89. The van der Waals surface area contributed by atoms with Crippen LogP contribution in [0.15, 0.2) is 18.3 Å². The van der Waals surface area contributed by atoms with Crippen molar-refractivity contribution in [3.05, 3.63) is 29.7 Å². The fourth-order valence-corrected chi connectivity index (χ4v) is 0.568. The Labute approximate surface area is 61.9 Å². The minimum atomic E-state index is 0.685. The van der Waals surface area contributed by atoms with Crippen LogP contribution in [0.3, 0.4) is 0 Å². The topological polar surface area (TPSA) is 9.29 Å². The number of aromatic nitrogens is 1. The fraction of sp³-hybridized carbons (Fsp3) is 0.375. The van der Waals surface area contributed by atoms with Crippen molar-refractivity contribution >= 4 is 5.82 Å². The first-order valence-electron chi connectivity index (χ1n) is 3.33. The Morgan fingerprint density at radius 2 is 2.10 bits per heavy atom. The Hall–Kier alpha value is -1.23. The second kappa shape index (κ2) is 4.63. The molecule has 0 unspecified atom stereocenters. The summed E-state index contributed by atoms with van der Waals surface area (Å²) in [7, 11) is 1.85. The van der Waals surface area contributed by atoms with Crippen molar-refractivity contribution in [3.63, 3.8) is 0 Å². The van der Waals surface area contributed by atoms with Gasteiger partial charge in [0.1, 0.15) is 0 Å². The van der Waals surface area contributed by atoms with Crippen LogP contribution >= 0.6 is 0 Å². The first kappa shape index (κ1) is 8.77. The van der Waals surface area contributed by atoms with Gasteiger partial charge in [0, 0.05) is 0 Å². The van der Waals surface area contributed by atoms with Crippen molar-refractivity contribution in [3.8, 4) is 0 Å². The molecule has 0 aliphatic heterocycles. The second-order valence-electron chi connectivity index (χ2n) is 1.59. The van der Waals surface area contributed by atoms with E-state index in [9.17, 15) is 0 Å². The summed E-state index contributed by atoms with van der Waals surface area (Å²) in [6.07, 6.45) is 1.85. The molecule has 1 aromatic rings. The van der Waals surface area contributed by atoms with Gasteiger partial charge in [-0.25, -0.2) is 0 Å². The van der Waals surface area contributed by atoms with Crippen LogP contribution in [0.2, 0.25) is 0 Å². The van der Waals surface area contributed by atoms with Gasteiger partial charge < -0.3 is 9.41 Å². The van der Waals surface area contributed by atoms with Crippen LogP contribution < -0.4 is 0 Å². The lowest BCUT2D eigenvalue weighted by molar-refractivity contribution is 0.947. The predicted octanol–water partition coefficient (Wildman–Crippen LogP) is 2.60. The van der Waals surface area contributed by atoms with Gasteiger partial charge in [-0.1, -0.05) is 20.4 Å². The molecule has 1 heterocycles. The van der Waals surface area contributed by atoms with E-state index in [1.54, 1.807) is 10.6 Å². The van der Waals surface area contributed by atoms with E-state index in [4.69, 9.17) is 6.57 Å². The lowest BCUT2D eigenvalue weighted by Crippen LogP contribution is -1.78. The molecule has 1 aromatic heterocycles. The van der Waals surface area contributed by atoms with Gasteiger partial charge in [-0.15, -0.1) is 0 Å². The summed E-state index contributed by atoms with van der Waals surface area (Å²) >= 11 is 0. The van der Waals surface area contributed by atoms with E-state index in [-0.39, 0.29) is 0 Å². The fourth-order valence-electron chi connectivity index (χ4n) is 0.568. The number of nitrogens with zero attached hydrogens (tertiary/aromatic N) is 2. The highest BCUT2D eigenvalue weighted by Crippen LogP contribution is 2.08. The highest BCUT2D eigenvalue weighted by molar-refractivity contribution is 5.36. The Morgan fingerprint density at radius 3 is 2.30 bits per heavy atom. The van der Waals surface area contributed by atoms with Gasteiger partial charge in [0.25, 0.3) is 0 Å². The quantitative estimate of drug-likeness (QED) is 0.485. The number of hydrogen-bond acceptors (Lipinski definition) is 0. The largest absolute Gasteiger partial charge is 0.364 e. The van der Waals surface area contributed by atoms with Crippen molar-refractivity contribution in [2.24, 2.45) is 7.05 Å². The molecule has 0 aliphatic rings. The first-order chi connectivity index (χ1) is 4.84. The molecule has 1 rings (SSSR count). The average molecular weight is 136 g/mol. The molecule has 10 heavy (non-hydrogen) atoms. The van der Waals surface area contributed by atoms with Gasteiger partial charge >= 0.3 is 0 Å². The van der Waals surface area contributed by atoms with E-state index in [0.29, 0.717) is 5.82 Å². The lowest BCUT2D eigenvalue weighted by Gasteiger charge is -1.86. The maximum absolute atomic E-state index is 6.61. The summed E-state index contributed by atoms with van der Waals surface area (Å²) in [5, 5.41) is 0. The van der Waals surface area contributed by atoms with Crippen molar-refractivity contribution in [2.75, 3.05) is 0 Å². The third-order valence-electron chi connectivity index (χ3n) is 1.03. The molecule has 0 saturated heterocycles. The molecule has 0 spiro atoms. The van der Waals surface area contributed by atoms with Gasteiger partial charge in [0.2, 0.25) is 5.82 Å². The highest BCUT2D eigenvalue weighted by atomic mass is 15.0. The molecule has 0 atom stereocenters. The van der Waals surface area contributed by atoms with Gasteiger partial charge in [-0.3, -0.25) is 0 Å². The predicted molar refractivity (Wildman–Crippen MR) is 43.0 cm³/mol. The van der Waals surface area contributed by atoms with E-state index < -0.39 is 0 Å². The van der Waals surface area contributed by atoms with Gasteiger partial charge in [-0.05, 0) is 12.1 Å². The molecule has 0 bridgehead atoms. The third-order valence-corrected chi connectivity index (χ3v) is 1.03. The van der Waals surface area contributed by atoms with Crippen molar-refractivity contribution in [1.82, 2.24) is 4.57 Å². The van der Waals surface area contributed by atoms with E-state index in [2.05, 4.69) is 4.85 Å². The molecular weight excluding hydrogens is 124 g/mol. The monoisotopic (exact) mass is 136 g/mol. The van der Waals surface area contributed by atoms with Crippen LogP contribution in [-0.2, 0) is 7.05 Å². The maximum atomic E-state index is 6.61. The molecular formula is C8H12N2. The van der Waals surface area contributed by atoms with Crippen LogP contribution in [-0.4, -0.2) is 4.57 Å². The van der Waals surface area contributed by atoms with E-state index >= 15 is 0 Å². The standard InChI is InChI=1S/C6H6N2.C2H6/c1-7-6-4-3-5-8(6)2;1-2/h3-5H,2H3;1-2H3. The van der Waals surface area contributed by atoms with Crippen molar-refractivity contribution in [1.29, 1.82) is 0 Å². The summed E-state index contributed by atoms with van der Waals surface area (Å²) in [5.74, 6) is 0.685. The SMILES string of the molecule is CC.[C-]#[N+]c1cccn1C. The molecule has 0 fully saturated rings. The molecule has 0 saturated carbocycles. The van der Waals surface area contributed by atoms with Gasteiger partial charge in [0.15, 0.2) is 0 Å². The van der Waals surface area contributed by atoms with E-state index in [1.807, 2.05) is 33.2 Å². The summed E-state index contributed by atoms with van der Waals surface area (Å²) in [4.78, 5) is 3.24. The first-order valence-corrected chi connectivity index (χ1v) is 3.33. The summed E-state index contributed by atoms with van der Waals surface area (Å²) in [6, 6.07) is 3.64. The van der Waals surface area contributed by atoms with Crippen molar-refractivity contribution in [2.45, 2.75) is 13.8 Å². The van der Waals surface area contributed by atoms with Gasteiger partial charge in [-0.2, -0.15) is 0 Å². The zero-order valence-corrected chi connectivity index (χ0v) is 6.63. The minimum absolute atomic E-state index is 0.685. The molecule has 2 heteroatoms. The molecule has 2 nitrogen and oxygen atoms in total. The zero-order valence-electron chi connectivity index (χ0n) is 6.63. The zero-order chi connectivity index (χ0) is 7.98. The van der Waals surface area contributed by atoms with Gasteiger partial charge in [0.05, 0.1) is 13.2 Å².